The Morgan fingerprint density at radius 1 is 1.26 bits per heavy atom. The van der Waals surface area contributed by atoms with Crippen LogP contribution in [0.15, 0.2) is 24.3 Å². The van der Waals surface area contributed by atoms with E-state index >= 15 is 0 Å². The molecule has 5 heteroatoms. The molecule has 1 atom stereocenters. The van der Waals surface area contributed by atoms with Crippen molar-refractivity contribution in [2.45, 2.75) is 33.1 Å². The lowest BCUT2D eigenvalue weighted by molar-refractivity contribution is -0.135. The van der Waals surface area contributed by atoms with Gasteiger partial charge < -0.3 is 14.5 Å². The molecule has 1 aromatic rings. The summed E-state index contributed by atoms with van der Waals surface area (Å²) < 4.78 is 5.34. The highest BCUT2D eigenvalue weighted by atomic mass is 16.5. The van der Waals surface area contributed by atoms with Gasteiger partial charge in [-0.05, 0) is 25.0 Å². The number of anilines is 1. The van der Waals surface area contributed by atoms with E-state index in [4.69, 9.17) is 4.74 Å². The molecule has 1 aliphatic heterocycles. The second-order valence-corrected chi connectivity index (χ2v) is 5.90. The van der Waals surface area contributed by atoms with Gasteiger partial charge in [-0.15, -0.1) is 0 Å². The number of rotatable bonds is 7. The van der Waals surface area contributed by atoms with Gasteiger partial charge in [-0.1, -0.05) is 26.0 Å². The van der Waals surface area contributed by atoms with Gasteiger partial charge in [0, 0.05) is 26.1 Å². The lowest BCUT2D eigenvalue weighted by Gasteiger charge is -2.25. The highest BCUT2D eigenvalue weighted by Gasteiger charge is 2.37. The number of amides is 2. The maximum atomic E-state index is 12.7. The van der Waals surface area contributed by atoms with Gasteiger partial charge in [-0.2, -0.15) is 0 Å². The molecular weight excluding hydrogens is 292 g/mol. The van der Waals surface area contributed by atoms with E-state index in [-0.39, 0.29) is 24.2 Å². The summed E-state index contributed by atoms with van der Waals surface area (Å²) in [4.78, 5) is 28.7. The third-order valence-electron chi connectivity index (χ3n) is 4.15. The number of ether oxygens (including phenoxy) is 1. The Morgan fingerprint density at radius 3 is 2.52 bits per heavy atom. The van der Waals surface area contributed by atoms with E-state index in [0.717, 1.165) is 31.6 Å². The summed E-state index contributed by atoms with van der Waals surface area (Å²) >= 11 is 0. The first-order valence-electron chi connectivity index (χ1n) is 8.34. The van der Waals surface area contributed by atoms with E-state index in [2.05, 4.69) is 13.8 Å². The fourth-order valence-electron chi connectivity index (χ4n) is 3.09. The van der Waals surface area contributed by atoms with Crippen molar-refractivity contribution in [3.63, 3.8) is 0 Å². The SMILES string of the molecule is CCCN(CCC)C(=O)C1CC(=O)N(c2ccccc2OC)C1. The Kier molecular flexibility index (Phi) is 6.02. The van der Waals surface area contributed by atoms with Crippen LogP contribution in [0.4, 0.5) is 5.69 Å². The second-order valence-electron chi connectivity index (χ2n) is 5.90. The van der Waals surface area contributed by atoms with Crippen molar-refractivity contribution in [1.82, 2.24) is 4.90 Å². The van der Waals surface area contributed by atoms with Gasteiger partial charge in [0.05, 0.1) is 18.7 Å². The Labute approximate surface area is 138 Å². The molecule has 0 spiro atoms. The van der Waals surface area contributed by atoms with Crippen LogP contribution in [-0.4, -0.2) is 43.5 Å². The normalized spacial score (nSPS) is 17.4. The van der Waals surface area contributed by atoms with Gasteiger partial charge in [0.1, 0.15) is 5.75 Å². The van der Waals surface area contributed by atoms with E-state index in [1.165, 1.54) is 0 Å². The van der Waals surface area contributed by atoms with Crippen molar-refractivity contribution in [3.8, 4) is 5.75 Å². The Balaban J connectivity index is 2.14. The third kappa shape index (κ3) is 3.84. The smallest absolute Gasteiger partial charge is 0.228 e. The predicted molar refractivity (Wildman–Crippen MR) is 90.6 cm³/mol. The van der Waals surface area contributed by atoms with Crippen LogP contribution in [0.25, 0.3) is 0 Å². The molecule has 1 heterocycles. The molecule has 1 fully saturated rings. The summed E-state index contributed by atoms with van der Waals surface area (Å²) in [5.41, 5.74) is 0.743. The predicted octanol–water partition coefficient (Wildman–Crippen LogP) is 2.70. The Morgan fingerprint density at radius 2 is 1.91 bits per heavy atom. The molecule has 0 aliphatic carbocycles. The second kappa shape index (κ2) is 7.99. The fourth-order valence-corrected chi connectivity index (χ4v) is 3.09. The minimum Gasteiger partial charge on any atom is -0.495 e. The summed E-state index contributed by atoms with van der Waals surface area (Å²) in [5, 5.41) is 0. The first kappa shape index (κ1) is 17.3. The van der Waals surface area contributed by atoms with Crippen LogP contribution in [0, 0.1) is 5.92 Å². The van der Waals surface area contributed by atoms with Gasteiger partial charge in [-0.3, -0.25) is 9.59 Å². The standard InChI is InChI=1S/C18H26N2O3/c1-4-10-19(11-5-2)18(22)14-12-17(21)20(13-14)15-8-6-7-9-16(15)23-3/h6-9,14H,4-5,10-13H2,1-3H3. The molecule has 1 aliphatic rings. The molecule has 126 valence electrons. The summed E-state index contributed by atoms with van der Waals surface area (Å²) in [5.74, 6) is 0.485. The monoisotopic (exact) mass is 318 g/mol. The largest absolute Gasteiger partial charge is 0.495 e. The van der Waals surface area contributed by atoms with Crippen molar-refractivity contribution >= 4 is 17.5 Å². The maximum absolute atomic E-state index is 12.7. The van der Waals surface area contributed by atoms with Crippen molar-refractivity contribution in [2.24, 2.45) is 5.92 Å². The van der Waals surface area contributed by atoms with Crippen molar-refractivity contribution in [2.75, 3.05) is 31.6 Å². The molecular formula is C18H26N2O3. The summed E-state index contributed by atoms with van der Waals surface area (Å²) in [6.07, 6.45) is 2.14. The average Bonchev–Trinajstić information content (AvgIpc) is 2.95. The molecule has 1 saturated heterocycles. The number of hydrogen-bond acceptors (Lipinski definition) is 3. The Bertz CT molecular complexity index is 553. The van der Waals surface area contributed by atoms with Gasteiger partial charge in [0.25, 0.3) is 0 Å². The minimum absolute atomic E-state index is 0.0132. The molecule has 1 unspecified atom stereocenters. The molecule has 0 bridgehead atoms. The number of nitrogens with zero attached hydrogens (tertiary/aromatic N) is 2. The summed E-state index contributed by atoms with van der Waals surface area (Å²) in [7, 11) is 1.59. The lowest BCUT2D eigenvalue weighted by atomic mass is 10.1. The summed E-state index contributed by atoms with van der Waals surface area (Å²) in [6, 6.07) is 7.44. The Hall–Kier alpha value is -2.04. The van der Waals surface area contributed by atoms with Gasteiger partial charge in [0.2, 0.25) is 11.8 Å². The van der Waals surface area contributed by atoms with Crippen molar-refractivity contribution < 1.29 is 14.3 Å². The van der Waals surface area contributed by atoms with E-state index in [1.807, 2.05) is 29.2 Å². The van der Waals surface area contributed by atoms with Crippen LogP contribution in [0.1, 0.15) is 33.1 Å². The van der Waals surface area contributed by atoms with Crippen LogP contribution < -0.4 is 9.64 Å². The average molecular weight is 318 g/mol. The molecule has 5 nitrogen and oxygen atoms in total. The first-order chi connectivity index (χ1) is 11.1. The topological polar surface area (TPSA) is 49.9 Å². The molecule has 0 radical (unpaired) electrons. The molecule has 23 heavy (non-hydrogen) atoms. The van der Waals surface area contributed by atoms with Crippen LogP contribution in [0.5, 0.6) is 5.75 Å². The highest BCUT2D eigenvalue weighted by Crippen LogP contribution is 2.33. The number of carbonyl (C=O) groups excluding carboxylic acids is 2. The van der Waals surface area contributed by atoms with E-state index in [1.54, 1.807) is 12.0 Å². The zero-order valence-corrected chi connectivity index (χ0v) is 14.2. The number of methoxy groups -OCH3 is 1. The quantitative estimate of drug-likeness (QED) is 0.776. The lowest BCUT2D eigenvalue weighted by Crippen LogP contribution is -2.38. The molecule has 1 aromatic carbocycles. The highest BCUT2D eigenvalue weighted by molar-refractivity contribution is 6.01. The first-order valence-corrected chi connectivity index (χ1v) is 8.34. The number of hydrogen-bond donors (Lipinski definition) is 0. The zero-order chi connectivity index (χ0) is 16.8. The minimum atomic E-state index is -0.259. The van der Waals surface area contributed by atoms with Gasteiger partial charge >= 0.3 is 0 Å². The number of benzene rings is 1. The van der Waals surface area contributed by atoms with Crippen molar-refractivity contribution in [1.29, 1.82) is 0 Å². The van der Waals surface area contributed by atoms with E-state index in [0.29, 0.717) is 12.3 Å². The molecule has 2 amide bonds. The van der Waals surface area contributed by atoms with Crippen LogP contribution in [0.2, 0.25) is 0 Å². The third-order valence-corrected chi connectivity index (χ3v) is 4.15. The molecule has 0 N–H and O–H groups in total. The summed E-state index contributed by atoms with van der Waals surface area (Å²) in [6.45, 7) is 6.08. The fraction of sp³-hybridized carbons (Fsp3) is 0.556. The maximum Gasteiger partial charge on any atom is 0.228 e. The van der Waals surface area contributed by atoms with E-state index < -0.39 is 0 Å². The van der Waals surface area contributed by atoms with Crippen LogP contribution >= 0.6 is 0 Å². The number of para-hydroxylation sites is 2. The van der Waals surface area contributed by atoms with E-state index in [9.17, 15) is 9.59 Å². The van der Waals surface area contributed by atoms with Gasteiger partial charge in [0.15, 0.2) is 0 Å². The molecule has 0 aromatic heterocycles. The van der Waals surface area contributed by atoms with Crippen LogP contribution in [0.3, 0.4) is 0 Å². The van der Waals surface area contributed by atoms with Crippen molar-refractivity contribution in [3.05, 3.63) is 24.3 Å². The van der Waals surface area contributed by atoms with Gasteiger partial charge in [-0.25, -0.2) is 0 Å². The molecule has 2 rings (SSSR count). The van der Waals surface area contributed by atoms with Crippen LogP contribution in [-0.2, 0) is 9.59 Å². The zero-order valence-electron chi connectivity index (χ0n) is 14.2. The molecule has 0 saturated carbocycles. The number of carbonyl (C=O) groups is 2.